The van der Waals surface area contributed by atoms with Crippen molar-refractivity contribution in [1.82, 2.24) is 4.57 Å². The van der Waals surface area contributed by atoms with Gasteiger partial charge < -0.3 is 10.2 Å². The molecule has 0 unspecified atom stereocenters. The minimum absolute atomic E-state index is 0.138. The molecule has 0 saturated heterocycles. The van der Waals surface area contributed by atoms with Gasteiger partial charge in [-0.25, -0.2) is 0 Å². The smallest absolute Gasteiger partial charge is 0.295 e. The van der Waals surface area contributed by atoms with E-state index in [2.05, 4.69) is 10.2 Å². The van der Waals surface area contributed by atoms with Gasteiger partial charge >= 0.3 is 0 Å². The Morgan fingerprint density at radius 1 is 0.920 bits per heavy atom. The Balaban J connectivity index is 2.12. The van der Waals surface area contributed by atoms with Crippen LogP contribution in [0.5, 0.6) is 11.8 Å². The molecule has 0 saturated carbocycles. The van der Waals surface area contributed by atoms with Crippen molar-refractivity contribution in [1.29, 1.82) is 0 Å². The Labute approximate surface area is 142 Å². The number of hydrogen-bond donors (Lipinski definition) is 2. The van der Waals surface area contributed by atoms with E-state index in [1.807, 2.05) is 19.1 Å². The normalized spacial score (nSPS) is 11.3. The maximum atomic E-state index is 11.9. The van der Waals surface area contributed by atoms with Crippen LogP contribution < -0.4 is 0 Å². The Bertz CT molecular complexity index is 1020. The van der Waals surface area contributed by atoms with Gasteiger partial charge in [-0.2, -0.15) is 0 Å². The molecule has 1 heterocycles. The first-order valence-corrected chi connectivity index (χ1v) is 7.48. The molecule has 2 amide bonds. The summed E-state index contributed by atoms with van der Waals surface area (Å²) in [5, 5.41) is 28.1. The van der Waals surface area contributed by atoms with Crippen molar-refractivity contribution < 1.29 is 19.8 Å². The second-order valence-corrected chi connectivity index (χ2v) is 5.60. The topological polar surface area (TPSA) is 104 Å². The molecule has 0 spiro atoms. The minimum atomic E-state index is -0.709. The number of carbonyl (C=O) groups is 2. The molecular weight excluding hydrogens is 322 g/mol. The number of rotatable bonds is 2. The number of aromatic hydroxyl groups is 2. The summed E-state index contributed by atoms with van der Waals surface area (Å²) in [5.74, 6) is -1.63. The Morgan fingerprint density at radius 3 is 2.20 bits per heavy atom. The predicted octanol–water partition coefficient (Wildman–Crippen LogP) is 3.49. The van der Waals surface area contributed by atoms with Crippen LogP contribution in [0.15, 0.2) is 52.7 Å². The second-order valence-electron chi connectivity index (χ2n) is 5.60. The van der Waals surface area contributed by atoms with Gasteiger partial charge in [0, 0.05) is 23.3 Å². The third-order valence-corrected chi connectivity index (χ3v) is 3.75. The molecule has 2 N–H and O–H groups in total. The molecule has 2 aromatic carbocycles. The molecule has 3 aromatic rings. The van der Waals surface area contributed by atoms with Gasteiger partial charge in [-0.05, 0) is 37.3 Å². The van der Waals surface area contributed by atoms with Crippen LogP contribution in [0.2, 0.25) is 0 Å². The van der Waals surface area contributed by atoms with E-state index in [0.29, 0.717) is 16.5 Å². The Hall–Kier alpha value is -3.48. The monoisotopic (exact) mass is 337 g/mol. The van der Waals surface area contributed by atoms with Gasteiger partial charge in [0.1, 0.15) is 0 Å². The number of fused-ring (bicyclic) bond motifs is 1. The molecule has 7 nitrogen and oxygen atoms in total. The number of azo groups is 1. The summed E-state index contributed by atoms with van der Waals surface area (Å²) < 4.78 is 1.29. The fourth-order valence-corrected chi connectivity index (χ4v) is 2.51. The summed E-state index contributed by atoms with van der Waals surface area (Å²) in [6, 6.07) is 11.6. The van der Waals surface area contributed by atoms with Gasteiger partial charge in [0.05, 0.1) is 5.69 Å². The van der Waals surface area contributed by atoms with Crippen LogP contribution in [-0.4, -0.2) is 26.6 Å². The fraction of sp³-hybridized carbons (Fsp3) is 0.111. The highest BCUT2D eigenvalue weighted by atomic mass is 16.3. The van der Waals surface area contributed by atoms with E-state index >= 15 is 0 Å². The molecule has 7 heteroatoms. The van der Waals surface area contributed by atoms with Crippen LogP contribution in [0, 0.1) is 6.92 Å². The Kier molecular flexibility index (Phi) is 4.06. The largest absolute Gasteiger partial charge is 0.494 e. The molecule has 0 atom stereocenters. The number of hydrogen-bond acceptors (Lipinski definition) is 4. The number of aromatic nitrogens is 1. The summed E-state index contributed by atoms with van der Waals surface area (Å²) in [7, 11) is 0. The number of nitrogens with zero attached hydrogens (tertiary/aromatic N) is 3. The van der Waals surface area contributed by atoms with Gasteiger partial charge in [-0.15, -0.1) is 10.2 Å². The zero-order chi connectivity index (χ0) is 18.1. The third-order valence-electron chi connectivity index (χ3n) is 3.75. The molecule has 3 rings (SSSR count). The lowest BCUT2D eigenvalue weighted by molar-refractivity contribution is -0.116. The second kappa shape index (κ2) is 6.20. The lowest BCUT2D eigenvalue weighted by atomic mass is 10.1. The molecule has 0 aliphatic heterocycles. The van der Waals surface area contributed by atoms with Gasteiger partial charge in [0.25, 0.3) is 11.8 Å². The maximum Gasteiger partial charge on any atom is 0.295 e. The van der Waals surface area contributed by atoms with Gasteiger partial charge in [-0.3, -0.25) is 14.2 Å². The molecule has 0 aliphatic carbocycles. The van der Waals surface area contributed by atoms with Crippen LogP contribution in [0.1, 0.15) is 22.8 Å². The zero-order valence-corrected chi connectivity index (χ0v) is 13.6. The Morgan fingerprint density at radius 2 is 1.56 bits per heavy atom. The van der Waals surface area contributed by atoms with E-state index in [1.54, 1.807) is 12.1 Å². The molecule has 0 fully saturated rings. The van der Waals surface area contributed by atoms with E-state index in [-0.39, 0.29) is 17.3 Å². The number of amides is 2. The van der Waals surface area contributed by atoms with E-state index in [9.17, 15) is 19.8 Å². The van der Waals surface area contributed by atoms with Crippen molar-refractivity contribution >= 4 is 22.6 Å². The van der Waals surface area contributed by atoms with Crippen molar-refractivity contribution in [2.75, 3.05) is 0 Å². The van der Waals surface area contributed by atoms with Crippen LogP contribution >= 0.6 is 0 Å². The van der Waals surface area contributed by atoms with E-state index in [4.69, 9.17) is 0 Å². The van der Waals surface area contributed by atoms with Crippen molar-refractivity contribution in [3.63, 3.8) is 0 Å². The number of aryl methyl sites for hydroxylation is 1. The first-order valence-electron chi connectivity index (χ1n) is 7.48. The first-order chi connectivity index (χ1) is 11.9. The zero-order valence-electron chi connectivity index (χ0n) is 13.6. The van der Waals surface area contributed by atoms with E-state index in [1.165, 1.54) is 29.7 Å². The summed E-state index contributed by atoms with van der Waals surface area (Å²) in [6.07, 6.45) is 0. The molecule has 25 heavy (non-hydrogen) atoms. The van der Waals surface area contributed by atoms with Crippen LogP contribution in [0.3, 0.4) is 0 Å². The lowest BCUT2D eigenvalue weighted by Gasteiger charge is -2.06. The number of carbonyl (C=O) groups excluding carboxylic acids is 2. The molecular formula is C18H15N3O4. The van der Waals surface area contributed by atoms with Crippen molar-refractivity contribution in [3.8, 4) is 17.4 Å². The summed E-state index contributed by atoms with van der Waals surface area (Å²) in [4.78, 5) is 22.7. The summed E-state index contributed by atoms with van der Waals surface area (Å²) in [5.41, 5.74) is 1.78. The van der Waals surface area contributed by atoms with Crippen molar-refractivity contribution in [2.45, 2.75) is 13.8 Å². The molecule has 0 radical (unpaired) electrons. The predicted molar refractivity (Wildman–Crippen MR) is 91.2 cm³/mol. The SMILES string of the molecule is CC(=O)N=NC(=O)c1ccc2c(O)n(-c3ccc(C)cc3)c(O)c2c1. The first kappa shape index (κ1) is 16.4. The molecule has 126 valence electrons. The number of benzene rings is 2. The summed E-state index contributed by atoms with van der Waals surface area (Å²) >= 11 is 0. The highest BCUT2D eigenvalue weighted by Crippen LogP contribution is 2.39. The summed E-state index contributed by atoms with van der Waals surface area (Å²) in [6.45, 7) is 3.12. The lowest BCUT2D eigenvalue weighted by Crippen LogP contribution is -1.94. The van der Waals surface area contributed by atoms with Crippen LogP contribution in [-0.2, 0) is 4.79 Å². The van der Waals surface area contributed by atoms with Crippen LogP contribution in [0.25, 0.3) is 16.5 Å². The maximum absolute atomic E-state index is 11.9. The highest BCUT2D eigenvalue weighted by molar-refractivity contribution is 6.02. The van der Waals surface area contributed by atoms with E-state index < -0.39 is 11.8 Å². The molecule has 0 aliphatic rings. The standard InChI is InChI=1S/C18H15N3O4/c1-10-3-6-13(7-4-10)21-17(24)14-8-5-12(9-15(14)18(21)25)16(23)20-19-11(2)22/h3-9,24-25H,1-2H3. The molecule has 0 bridgehead atoms. The van der Waals surface area contributed by atoms with Gasteiger partial charge in [0.15, 0.2) is 0 Å². The average Bonchev–Trinajstić information content (AvgIpc) is 2.84. The third kappa shape index (κ3) is 2.99. The quantitative estimate of drug-likeness (QED) is 0.698. The van der Waals surface area contributed by atoms with Crippen LogP contribution in [0.4, 0.5) is 0 Å². The minimum Gasteiger partial charge on any atom is -0.494 e. The molecule has 1 aromatic heterocycles. The highest BCUT2D eigenvalue weighted by Gasteiger charge is 2.19. The fourth-order valence-electron chi connectivity index (χ4n) is 2.51. The van der Waals surface area contributed by atoms with Crippen molar-refractivity contribution in [2.24, 2.45) is 10.2 Å². The van der Waals surface area contributed by atoms with E-state index in [0.717, 1.165) is 5.56 Å². The van der Waals surface area contributed by atoms with Crippen molar-refractivity contribution in [3.05, 3.63) is 53.6 Å². The van der Waals surface area contributed by atoms with Gasteiger partial charge in [0.2, 0.25) is 11.8 Å². The average molecular weight is 337 g/mol. The van der Waals surface area contributed by atoms with Gasteiger partial charge in [-0.1, -0.05) is 17.7 Å².